The molecule has 3 N–H and O–H groups in total. The molecular weight excluding hydrogens is 422 g/mol. The Morgan fingerprint density at radius 2 is 1.64 bits per heavy atom. The van der Waals surface area contributed by atoms with Crippen LogP contribution in [0.3, 0.4) is 0 Å². The minimum absolute atomic E-state index is 0.171. The van der Waals surface area contributed by atoms with Crippen LogP contribution in [0.2, 0.25) is 0 Å². The van der Waals surface area contributed by atoms with Crippen LogP contribution in [-0.4, -0.2) is 51.1 Å². The Hall–Kier alpha value is -1.77. The molecule has 0 radical (unpaired) electrons. The van der Waals surface area contributed by atoms with E-state index in [-0.39, 0.29) is 18.9 Å². The second-order valence-corrected chi connectivity index (χ2v) is 9.13. The molecule has 0 aliphatic carbocycles. The average Bonchev–Trinajstić information content (AvgIpc) is 3.17. The first kappa shape index (κ1) is 27.5. The molecule has 0 saturated carbocycles. The maximum absolute atomic E-state index is 13.0. The normalized spacial score (nSPS) is 20.3. The number of H-pyrrole nitrogens is 1. The molecule has 8 nitrogen and oxygen atoms in total. The van der Waals surface area contributed by atoms with Gasteiger partial charge in [-0.15, -0.1) is 0 Å². The molecule has 0 unspecified atom stereocenters. The van der Waals surface area contributed by atoms with Gasteiger partial charge in [0.1, 0.15) is 18.1 Å². The van der Waals surface area contributed by atoms with E-state index in [0.29, 0.717) is 12.2 Å². The van der Waals surface area contributed by atoms with Crippen molar-refractivity contribution in [3.63, 3.8) is 0 Å². The van der Waals surface area contributed by atoms with E-state index in [0.717, 1.165) is 19.3 Å². The van der Waals surface area contributed by atoms with Crippen molar-refractivity contribution in [2.24, 2.45) is 0 Å². The first-order valence-corrected chi connectivity index (χ1v) is 12.9. The zero-order chi connectivity index (χ0) is 23.9. The van der Waals surface area contributed by atoms with Gasteiger partial charge in [0, 0.05) is 19.0 Å². The van der Waals surface area contributed by atoms with Crippen LogP contribution in [0.15, 0.2) is 17.1 Å². The topological polar surface area (TPSA) is 116 Å². The molecule has 1 saturated heterocycles. The zero-order valence-corrected chi connectivity index (χ0v) is 20.2. The number of unbranched alkanes of at least 4 members (excludes halogenated alkanes) is 12. The number of nitrogens with one attached hydrogen (secondary N) is 1. The Morgan fingerprint density at radius 3 is 2.15 bits per heavy atom. The third kappa shape index (κ3) is 9.94. The molecule has 0 aromatic carbocycles. The van der Waals surface area contributed by atoms with Crippen LogP contribution in [0.4, 0.5) is 5.82 Å². The fourth-order valence-electron chi connectivity index (χ4n) is 4.40. The van der Waals surface area contributed by atoms with E-state index in [9.17, 15) is 19.8 Å². The maximum Gasteiger partial charge on any atom is 0.346 e. The van der Waals surface area contributed by atoms with Gasteiger partial charge in [-0.3, -0.25) is 14.7 Å². The number of carbonyl (C=O) groups is 1. The first-order valence-electron chi connectivity index (χ1n) is 12.9. The van der Waals surface area contributed by atoms with Crippen molar-refractivity contribution in [1.29, 1.82) is 0 Å². The molecule has 1 aliphatic heterocycles. The van der Waals surface area contributed by atoms with Gasteiger partial charge in [0.2, 0.25) is 5.91 Å². The fraction of sp³-hybridized carbons (Fsp3) is 0.800. The summed E-state index contributed by atoms with van der Waals surface area (Å²) in [5, 5.41) is 19.5. The second-order valence-electron chi connectivity index (χ2n) is 9.13. The minimum atomic E-state index is -0.861. The minimum Gasteiger partial charge on any atom is -0.394 e. The first-order chi connectivity index (χ1) is 16.1. The van der Waals surface area contributed by atoms with Crippen LogP contribution in [0, 0.1) is 0 Å². The van der Waals surface area contributed by atoms with Crippen molar-refractivity contribution in [2.45, 2.75) is 122 Å². The Balaban J connectivity index is 1.68. The lowest BCUT2D eigenvalue weighted by Crippen LogP contribution is -2.42. The van der Waals surface area contributed by atoms with Crippen LogP contribution >= 0.6 is 0 Å². The van der Waals surface area contributed by atoms with E-state index >= 15 is 0 Å². The molecule has 1 aromatic heterocycles. The Bertz CT molecular complexity index is 726. The van der Waals surface area contributed by atoms with Gasteiger partial charge < -0.3 is 14.9 Å². The molecular formula is C25H43N3O5. The number of amides is 1. The number of carbonyl (C=O) groups excluding carboxylic acids is 1. The molecule has 2 rings (SSSR count). The van der Waals surface area contributed by atoms with Gasteiger partial charge >= 0.3 is 5.69 Å². The third-order valence-corrected chi connectivity index (χ3v) is 6.35. The van der Waals surface area contributed by atoms with Crippen LogP contribution in [0.25, 0.3) is 0 Å². The molecule has 3 atom stereocenters. The number of aromatic amines is 1. The number of hydrogen-bond acceptors (Lipinski definition) is 6. The molecule has 1 fully saturated rings. The molecule has 2 heterocycles. The molecule has 0 spiro atoms. The summed E-state index contributed by atoms with van der Waals surface area (Å²) in [6.45, 7) is 1.92. The van der Waals surface area contributed by atoms with Gasteiger partial charge in [-0.05, 0) is 12.5 Å². The van der Waals surface area contributed by atoms with E-state index in [1.807, 2.05) is 0 Å². The summed E-state index contributed by atoms with van der Waals surface area (Å²) in [4.78, 5) is 32.3. The van der Waals surface area contributed by atoms with Crippen molar-refractivity contribution in [3.05, 3.63) is 22.7 Å². The lowest BCUT2D eigenvalue weighted by Gasteiger charge is -2.28. The monoisotopic (exact) mass is 465 g/mol. The molecule has 33 heavy (non-hydrogen) atoms. The average molecular weight is 466 g/mol. The second kappa shape index (κ2) is 16.0. The lowest BCUT2D eigenvalue weighted by atomic mass is 10.0. The molecule has 1 aliphatic rings. The van der Waals surface area contributed by atoms with E-state index in [1.54, 1.807) is 6.07 Å². The zero-order valence-electron chi connectivity index (χ0n) is 20.2. The summed E-state index contributed by atoms with van der Waals surface area (Å²) in [5.41, 5.74) is -0.552. The number of hydrogen-bond donors (Lipinski definition) is 3. The standard InChI is InChI=1S/C25H43N3O5/c1-2-3-4-5-6-7-8-9-10-11-12-13-14-15-23(31)28(22-16-17-26-25(32)27-22)24-18-20(30)21(19-29)33-24/h16-17,20-21,24,29-30H,2-15,18-19H2,1H3,(H,26,27,32)/t20-,21+,24+/m0/s1. The van der Waals surface area contributed by atoms with Crippen LogP contribution in [0.5, 0.6) is 0 Å². The van der Waals surface area contributed by atoms with Gasteiger partial charge in [0.25, 0.3) is 0 Å². The van der Waals surface area contributed by atoms with Gasteiger partial charge in [-0.25, -0.2) is 9.78 Å². The largest absolute Gasteiger partial charge is 0.394 e. The summed E-state index contributed by atoms with van der Waals surface area (Å²) in [5.74, 6) is 0.126. The Labute approximate surface area is 197 Å². The van der Waals surface area contributed by atoms with Gasteiger partial charge in [-0.1, -0.05) is 84.0 Å². The van der Waals surface area contributed by atoms with Crippen molar-refractivity contribution in [2.75, 3.05) is 11.5 Å². The third-order valence-electron chi connectivity index (χ3n) is 6.35. The van der Waals surface area contributed by atoms with E-state index < -0.39 is 24.1 Å². The number of ether oxygens (including phenoxy) is 1. The highest BCUT2D eigenvalue weighted by Crippen LogP contribution is 2.27. The molecule has 0 bridgehead atoms. The number of aromatic nitrogens is 2. The van der Waals surface area contributed by atoms with Crippen molar-refractivity contribution in [1.82, 2.24) is 9.97 Å². The van der Waals surface area contributed by atoms with Gasteiger partial charge in [0.15, 0.2) is 0 Å². The highest BCUT2D eigenvalue weighted by atomic mass is 16.5. The summed E-state index contributed by atoms with van der Waals surface area (Å²) >= 11 is 0. The molecule has 8 heteroatoms. The maximum atomic E-state index is 13.0. The molecule has 1 amide bonds. The number of aliphatic hydroxyl groups is 2. The van der Waals surface area contributed by atoms with Crippen molar-refractivity contribution >= 4 is 11.7 Å². The highest BCUT2D eigenvalue weighted by molar-refractivity contribution is 5.92. The van der Waals surface area contributed by atoms with Crippen LogP contribution < -0.4 is 10.6 Å². The Kier molecular flexibility index (Phi) is 13.3. The van der Waals surface area contributed by atoms with Gasteiger partial charge in [-0.2, -0.15) is 0 Å². The Morgan fingerprint density at radius 1 is 1.06 bits per heavy atom. The number of rotatable bonds is 17. The van der Waals surface area contributed by atoms with E-state index in [4.69, 9.17) is 4.74 Å². The number of nitrogens with zero attached hydrogens (tertiary/aromatic N) is 2. The predicted octanol–water partition coefficient (Wildman–Crippen LogP) is 4.05. The predicted molar refractivity (Wildman–Crippen MR) is 129 cm³/mol. The fourth-order valence-corrected chi connectivity index (χ4v) is 4.40. The van der Waals surface area contributed by atoms with E-state index in [2.05, 4.69) is 16.9 Å². The molecule has 188 valence electrons. The van der Waals surface area contributed by atoms with E-state index in [1.165, 1.54) is 75.3 Å². The quantitative estimate of drug-likeness (QED) is 0.299. The summed E-state index contributed by atoms with van der Waals surface area (Å²) in [7, 11) is 0. The SMILES string of the molecule is CCCCCCCCCCCCCCCC(=O)N(c1ccnc(=O)[nH]1)[C@H]1C[C@H](O)[C@@H](CO)O1. The van der Waals surface area contributed by atoms with Gasteiger partial charge in [0.05, 0.1) is 12.7 Å². The van der Waals surface area contributed by atoms with Crippen LogP contribution in [0.1, 0.15) is 103 Å². The van der Waals surface area contributed by atoms with Crippen molar-refractivity contribution in [3.8, 4) is 0 Å². The van der Waals surface area contributed by atoms with Crippen molar-refractivity contribution < 1.29 is 19.7 Å². The van der Waals surface area contributed by atoms with Crippen LogP contribution in [-0.2, 0) is 9.53 Å². The summed E-state index contributed by atoms with van der Waals surface area (Å²) < 4.78 is 5.68. The highest BCUT2D eigenvalue weighted by Gasteiger charge is 2.39. The number of aliphatic hydroxyl groups excluding tert-OH is 2. The smallest absolute Gasteiger partial charge is 0.346 e. The lowest BCUT2D eigenvalue weighted by molar-refractivity contribution is -0.121. The summed E-state index contributed by atoms with van der Waals surface area (Å²) in [6, 6.07) is 1.55. The molecule has 1 aromatic rings. The summed E-state index contributed by atoms with van der Waals surface area (Å²) in [6.07, 6.45) is 15.6. The number of anilines is 1.